The molecule has 0 saturated carbocycles. The molecule has 0 fully saturated rings. The fourth-order valence-corrected chi connectivity index (χ4v) is 3.10. The van der Waals surface area contributed by atoms with Crippen molar-refractivity contribution < 1.29 is 16.8 Å². The molecule has 0 unspecified atom stereocenters. The minimum Gasteiger partial charge on any atom is -0.358 e. The van der Waals surface area contributed by atoms with Gasteiger partial charge in [-0.25, -0.2) is 27.1 Å². The molecule has 2 aromatic rings. The SMILES string of the molecule is NS(=O)(=O)c1ccc(CNC(=S)Nc2ccc(S(N)(=O)=O)cc2)cc1. The van der Waals surface area contributed by atoms with Crippen LogP contribution in [-0.4, -0.2) is 21.9 Å². The van der Waals surface area contributed by atoms with Crippen LogP contribution in [0.2, 0.25) is 0 Å². The number of nitrogens with two attached hydrogens (primary N) is 2. The fraction of sp³-hybridized carbons (Fsp3) is 0.0714. The van der Waals surface area contributed by atoms with E-state index in [9.17, 15) is 16.8 Å². The van der Waals surface area contributed by atoms with Gasteiger partial charge in [-0.3, -0.25) is 0 Å². The van der Waals surface area contributed by atoms with Gasteiger partial charge in [0, 0.05) is 12.2 Å². The Labute approximate surface area is 151 Å². The zero-order chi connectivity index (χ0) is 18.7. The van der Waals surface area contributed by atoms with E-state index in [1.807, 2.05) is 0 Å². The molecule has 2 aromatic carbocycles. The van der Waals surface area contributed by atoms with Gasteiger partial charge in [0.1, 0.15) is 0 Å². The van der Waals surface area contributed by atoms with Crippen LogP contribution in [-0.2, 0) is 26.6 Å². The number of sulfonamides is 2. The van der Waals surface area contributed by atoms with Gasteiger partial charge in [-0.15, -0.1) is 0 Å². The van der Waals surface area contributed by atoms with Crippen molar-refractivity contribution in [3.05, 3.63) is 54.1 Å². The summed E-state index contributed by atoms with van der Waals surface area (Å²) in [5.74, 6) is 0. The van der Waals surface area contributed by atoms with Gasteiger partial charge < -0.3 is 10.6 Å². The maximum absolute atomic E-state index is 11.2. The molecule has 0 aliphatic rings. The highest BCUT2D eigenvalue weighted by Gasteiger charge is 2.08. The summed E-state index contributed by atoms with van der Waals surface area (Å²) in [6.07, 6.45) is 0. The zero-order valence-electron chi connectivity index (χ0n) is 12.8. The van der Waals surface area contributed by atoms with Crippen molar-refractivity contribution >= 4 is 43.1 Å². The molecular weight excluding hydrogens is 384 g/mol. The maximum Gasteiger partial charge on any atom is 0.238 e. The standard InChI is InChI=1S/C14H16N4O4S3/c15-24(19,20)12-5-1-10(2-6-12)9-17-14(23)18-11-3-7-13(8-4-11)25(16,21)22/h1-8H,9H2,(H2,15,19,20)(H2,16,21,22)(H2,17,18,23). The highest BCUT2D eigenvalue weighted by molar-refractivity contribution is 7.89. The summed E-state index contributed by atoms with van der Waals surface area (Å²) in [5.41, 5.74) is 1.40. The van der Waals surface area contributed by atoms with E-state index >= 15 is 0 Å². The molecule has 8 nitrogen and oxygen atoms in total. The lowest BCUT2D eigenvalue weighted by atomic mass is 10.2. The first-order chi connectivity index (χ1) is 11.6. The molecule has 134 valence electrons. The summed E-state index contributed by atoms with van der Waals surface area (Å²) in [5, 5.41) is 16.2. The zero-order valence-corrected chi connectivity index (χ0v) is 15.3. The number of anilines is 1. The van der Waals surface area contributed by atoms with E-state index in [2.05, 4.69) is 10.6 Å². The van der Waals surface area contributed by atoms with Crippen molar-refractivity contribution in [1.29, 1.82) is 0 Å². The molecule has 0 radical (unpaired) electrons. The third kappa shape index (κ3) is 5.76. The van der Waals surface area contributed by atoms with Crippen LogP contribution in [0, 0.1) is 0 Å². The molecule has 0 aliphatic heterocycles. The molecule has 0 saturated heterocycles. The molecule has 25 heavy (non-hydrogen) atoms. The van der Waals surface area contributed by atoms with E-state index in [1.165, 1.54) is 36.4 Å². The quantitative estimate of drug-likeness (QED) is 0.534. The average Bonchev–Trinajstić information content (AvgIpc) is 2.52. The minimum absolute atomic E-state index is 0.00636. The lowest BCUT2D eigenvalue weighted by Gasteiger charge is -2.11. The van der Waals surface area contributed by atoms with E-state index in [0.717, 1.165) is 5.56 Å². The molecule has 0 atom stereocenters. The fourth-order valence-electron chi connectivity index (χ4n) is 1.88. The topological polar surface area (TPSA) is 144 Å². The van der Waals surface area contributed by atoms with Crippen LogP contribution in [0.15, 0.2) is 58.3 Å². The Morgan fingerprint density at radius 2 is 1.28 bits per heavy atom. The Morgan fingerprint density at radius 3 is 1.72 bits per heavy atom. The van der Waals surface area contributed by atoms with E-state index in [0.29, 0.717) is 17.3 Å². The summed E-state index contributed by atoms with van der Waals surface area (Å²) >= 11 is 5.15. The largest absolute Gasteiger partial charge is 0.358 e. The minimum atomic E-state index is -3.74. The van der Waals surface area contributed by atoms with Gasteiger partial charge in [0.2, 0.25) is 20.0 Å². The van der Waals surface area contributed by atoms with Crippen molar-refractivity contribution in [2.75, 3.05) is 5.32 Å². The van der Waals surface area contributed by atoms with Crippen molar-refractivity contribution in [2.24, 2.45) is 10.3 Å². The van der Waals surface area contributed by atoms with E-state index in [-0.39, 0.29) is 9.79 Å². The van der Waals surface area contributed by atoms with Crippen LogP contribution in [0.4, 0.5) is 5.69 Å². The Kier molecular flexibility index (Phi) is 5.75. The van der Waals surface area contributed by atoms with Crippen molar-refractivity contribution in [1.82, 2.24) is 5.32 Å². The number of hydrogen-bond donors (Lipinski definition) is 4. The second-order valence-corrected chi connectivity index (χ2v) is 8.60. The van der Waals surface area contributed by atoms with Crippen molar-refractivity contribution in [3.8, 4) is 0 Å². The monoisotopic (exact) mass is 400 g/mol. The Bertz CT molecular complexity index is 970. The highest BCUT2D eigenvalue weighted by atomic mass is 32.2. The second-order valence-electron chi connectivity index (χ2n) is 5.07. The van der Waals surface area contributed by atoms with Gasteiger partial charge in [-0.1, -0.05) is 12.1 Å². The number of primary sulfonamides is 2. The Balaban J connectivity index is 1.92. The van der Waals surface area contributed by atoms with Crippen molar-refractivity contribution in [3.63, 3.8) is 0 Å². The third-order valence-electron chi connectivity index (χ3n) is 3.15. The Morgan fingerprint density at radius 1 is 0.840 bits per heavy atom. The van der Waals surface area contributed by atoms with Crippen LogP contribution in [0.5, 0.6) is 0 Å². The summed E-state index contributed by atoms with van der Waals surface area (Å²) in [6.45, 7) is 0.367. The molecule has 6 N–H and O–H groups in total. The molecular formula is C14H16N4O4S3. The number of thiocarbonyl (C=S) groups is 1. The number of rotatable bonds is 5. The van der Waals surface area contributed by atoms with Gasteiger partial charge >= 0.3 is 0 Å². The summed E-state index contributed by atoms with van der Waals surface area (Å²) < 4.78 is 44.7. The first-order valence-corrected chi connectivity index (χ1v) is 10.4. The summed E-state index contributed by atoms with van der Waals surface area (Å²) in [6, 6.07) is 11.9. The second kappa shape index (κ2) is 7.45. The normalized spacial score (nSPS) is 11.8. The predicted octanol–water partition coefficient (Wildman–Crippen LogP) is 0.468. The smallest absolute Gasteiger partial charge is 0.238 e. The van der Waals surface area contributed by atoms with Crippen LogP contribution < -0.4 is 20.9 Å². The molecule has 0 aliphatic carbocycles. The number of benzene rings is 2. The van der Waals surface area contributed by atoms with Gasteiger partial charge in [0.15, 0.2) is 5.11 Å². The first-order valence-electron chi connectivity index (χ1n) is 6.85. The molecule has 11 heteroatoms. The number of nitrogens with one attached hydrogen (secondary N) is 2. The van der Waals surface area contributed by atoms with Gasteiger partial charge in [-0.2, -0.15) is 0 Å². The summed E-state index contributed by atoms with van der Waals surface area (Å²) in [7, 11) is -7.45. The molecule has 0 heterocycles. The van der Waals surface area contributed by atoms with Crippen molar-refractivity contribution in [2.45, 2.75) is 16.3 Å². The molecule has 2 rings (SSSR count). The molecule has 0 bridgehead atoms. The van der Waals surface area contributed by atoms with Crippen LogP contribution in [0.25, 0.3) is 0 Å². The van der Waals surface area contributed by atoms with Crippen LogP contribution in [0.3, 0.4) is 0 Å². The maximum atomic E-state index is 11.2. The van der Waals surface area contributed by atoms with Crippen LogP contribution in [0.1, 0.15) is 5.56 Å². The molecule has 0 spiro atoms. The van der Waals surface area contributed by atoms with Gasteiger partial charge in [0.25, 0.3) is 0 Å². The predicted molar refractivity (Wildman–Crippen MR) is 98.7 cm³/mol. The van der Waals surface area contributed by atoms with E-state index in [1.54, 1.807) is 12.1 Å². The van der Waals surface area contributed by atoms with Crippen LogP contribution >= 0.6 is 12.2 Å². The van der Waals surface area contributed by atoms with E-state index in [4.69, 9.17) is 22.5 Å². The summed E-state index contributed by atoms with van der Waals surface area (Å²) in [4.78, 5) is 0.0405. The number of hydrogen-bond acceptors (Lipinski definition) is 5. The van der Waals surface area contributed by atoms with Gasteiger partial charge in [0.05, 0.1) is 9.79 Å². The van der Waals surface area contributed by atoms with E-state index < -0.39 is 20.0 Å². The lowest BCUT2D eigenvalue weighted by Crippen LogP contribution is -2.27. The third-order valence-corrected chi connectivity index (χ3v) is 5.25. The van der Waals surface area contributed by atoms with Gasteiger partial charge in [-0.05, 0) is 54.2 Å². The molecule has 0 aromatic heterocycles. The molecule has 0 amide bonds. The first kappa shape index (κ1) is 19.3. The Hall–Kier alpha value is -2.05. The lowest BCUT2D eigenvalue weighted by molar-refractivity contribution is 0.596. The average molecular weight is 401 g/mol. The highest BCUT2D eigenvalue weighted by Crippen LogP contribution is 2.13.